The maximum absolute atomic E-state index is 10.5. The van der Waals surface area contributed by atoms with Crippen LogP contribution in [0.3, 0.4) is 0 Å². The predicted octanol–water partition coefficient (Wildman–Crippen LogP) is 1.40. The largest absolute Gasteiger partial charge is 0.326 e. The van der Waals surface area contributed by atoms with Crippen LogP contribution in [-0.2, 0) is 0 Å². The van der Waals surface area contributed by atoms with Gasteiger partial charge in [0.15, 0.2) is 5.82 Å². The molecule has 0 saturated heterocycles. The second-order valence-corrected chi connectivity index (χ2v) is 3.40. The summed E-state index contributed by atoms with van der Waals surface area (Å²) in [5.74, 6) is 0.166. The van der Waals surface area contributed by atoms with Gasteiger partial charge in [-0.05, 0) is 11.3 Å². The third kappa shape index (κ3) is 1.26. The van der Waals surface area contributed by atoms with Gasteiger partial charge in [-0.15, -0.1) is 0 Å². The zero-order valence-corrected chi connectivity index (χ0v) is 7.48. The van der Waals surface area contributed by atoms with E-state index >= 15 is 0 Å². The molecule has 0 aliphatic heterocycles. The first-order valence-corrected chi connectivity index (χ1v) is 4.33. The number of hydrogen-bond acceptors (Lipinski definition) is 7. The van der Waals surface area contributed by atoms with E-state index in [0.29, 0.717) is 10.2 Å². The summed E-state index contributed by atoms with van der Waals surface area (Å²) in [6.45, 7) is 0. The van der Waals surface area contributed by atoms with Crippen LogP contribution in [0.5, 0.6) is 0 Å². The molecule has 0 saturated carbocycles. The van der Waals surface area contributed by atoms with Crippen LogP contribution in [0.25, 0.3) is 10.2 Å². The first-order valence-electron chi connectivity index (χ1n) is 3.51. The molecule has 2 aromatic rings. The van der Waals surface area contributed by atoms with Crippen LogP contribution in [-0.4, -0.2) is 20.1 Å². The average Bonchev–Trinajstić information content (AvgIpc) is 2.60. The van der Waals surface area contributed by atoms with Gasteiger partial charge in [0.05, 0.1) is 10.3 Å². The molecule has 0 spiro atoms. The lowest BCUT2D eigenvalue weighted by atomic mass is 10.4. The molecular weight excluding hydrogens is 208 g/mol. The van der Waals surface area contributed by atoms with E-state index in [1.54, 1.807) is 0 Å². The molecular formula is C6H4N4O3S. The van der Waals surface area contributed by atoms with E-state index < -0.39 is 4.92 Å². The first-order chi connectivity index (χ1) is 6.72. The minimum Gasteiger partial charge on any atom is -0.290 e. The molecule has 72 valence electrons. The molecule has 2 heterocycles. The fourth-order valence-corrected chi connectivity index (χ4v) is 1.84. The molecule has 0 aromatic carbocycles. The molecule has 2 aromatic heterocycles. The maximum atomic E-state index is 10.5. The van der Waals surface area contributed by atoms with Gasteiger partial charge in [0, 0.05) is 6.07 Å². The van der Waals surface area contributed by atoms with Crippen molar-refractivity contribution >= 4 is 32.4 Å². The highest BCUT2D eigenvalue weighted by molar-refractivity contribution is 7.21. The molecule has 0 amide bonds. The third-order valence-corrected chi connectivity index (χ3v) is 2.60. The summed E-state index contributed by atoms with van der Waals surface area (Å²) in [6, 6.07) is 1.32. The highest BCUT2D eigenvalue weighted by Gasteiger charge is 2.14. The fourth-order valence-electron chi connectivity index (χ4n) is 1.02. The van der Waals surface area contributed by atoms with E-state index in [-0.39, 0.29) is 10.8 Å². The molecule has 0 atom stereocenters. The van der Waals surface area contributed by atoms with Gasteiger partial charge in [-0.2, -0.15) is 0 Å². The Bertz CT molecular complexity index is 497. The minimum absolute atomic E-state index is 0.0306. The van der Waals surface area contributed by atoms with Crippen molar-refractivity contribution in [1.82, 2.24) is 9.97 Å². The van der Waals surface area contributed by atoms with E-state index in [0.717, 1.165) is 11.3 Å². The number of nitrogens with zero attached hydrogens (tertiary/aromatic N) is 3. The number of thiophene rings is 1. The van der Waals surface area contributed by atoms with E-state index in [4.69, 9.17) is 5.21 Å². The molecule has 2 rings (SSSR count). The molecule has 14 heavy (non-hydrogen) atoms. The molecule has 8 heteroatoms. The van der Waals surface area contributed by atoms with Gasteiger partial charge in [0.2, 0.25) is 0 Å². The molecule has 0 fully saturated rings. The van der Waals surface area contributed by atoms with Gasteiger partial charge in [-0.3, -0.25) is 20.8 Å². The van der Waals surface area contributed by atoms with Crippen molar-refractivity contribution in [3.63, 3.8) is 0 Å². The Balaban J connectivity index is 2.70. The van der Waals surface area contributed by atoms with Crippen LogP contribution >= 0.6 is 11.3 Å². The standard InChI is InChI=1S/C6H4N4O3S/c11-9-5-3-1-4(10(12)13)14-6(3)8-2-7-5/h1-2,11H,(H,7,8,9). The van der Waals surface area contributed by atoms with Crippen molar-refractivity contribution in [3.8, 4) is 0 Å². The molecule has 7 nitrogen and oxygen atoms in total. The molecule has 0 aliphatic rings. The average molecular weight is 212 g/mol. The SMILES string of the molecule is O=[N+]([O-])c1cc2c(NO)ncnc2s1. The van der Waals surface area contributed by atoms with E-state index in [9.17, 15) is 10.1 Å². The van der Waals surface area contributed by atoms with Crippen LogP contribution in [0, 0.1) is 10.1 Å². The predicted molar refractivity (Wildman–Crippen MR) is 49.5 cm³/mol. The van der Waals surface area contributed by atoms with Crippen molar-refractivity contribution in [1.29, 1.82) is 0 Å². The monoisotopic (exact) mass is 212 g/mol. The summed E-state index contributed by atoms with van der Waals surface area (Å²) in [5.41, 5.74) is 1.86. The number of anilines is 1. The Hall–Kier alpha value is -1.80. The Labute approximate surface area is 81.1 Å². The number of fused-ring (bicyclic) bond motifs is 1. The Kier molecular flexibility index (Phi) is 1.98. The van der Waals surface area contributed by atoms with Crippen LogP contribution < -0.4 is 5.48 Å². The summed E-state index contributed by atoms with van der Waals surface area (Å²) in [7, 11) is 0. The quantitative estimate of drug-likeness (QED) is 0.576. The molecule has 2 N–H and O–H groups in total. The van der Waals surface area contributed by atoms with Gasteiger partial charge in [0.25, 0.3) is 0 Å². The lowest BCUT2D eigenvalue weighted by molar-refractivity contribution is -0.380. The number of nitrogens with one attached hydrogen (secondary N) is 1. The molecule has 0 unspecified atom stereocenters. The third-order valence-electron chi connectivity index (χ3n) is 1.60. The number of hydrogen-bond donors (Lipinski definition) is 2. The van der Waals surface area contributed by atoms with Crippen molar-refractivity contribution in [2.45, 2.75) is 0 Å². The van der Waals surface area contributed by atoms with Crippen molar-refractivity contribution in [2.75, 3.05) is 5.48 Å². The minimum atomic E-state index is -0.506. The molecule has 0 radical (unpaired) electrons. The Morgan fingerprint density at radius 2 is 2.36 bits per heavy atom. The van der Waals surface area contributed by atoms with Crippen molar-refractivity contribution < 1.29 is 10.1 Å². The Morgan fingerprint density at radius 1 is 1.57 bits per heavy atom. The summed E-state index contributed by atoms with van der Waals surface area (Å²) in [6.07, 6.45) is 1.22. The second kappa shape index (κ2) is 3.16. The lowest BCUT2D eigenvalue weighted by Crippen LogP contribution is -1.93. The zero-order valence-electron chi connectivity index (χ0n) is 6.67. The van der Waals surface area contributed by atoms with Crippen molar-refractivity contribution in [3.05, 3.63) is 22.5 Å². The van der Waals surface area contributed by atoms with Crippen molar-refractivity contribution in [2.24, 2.45) is 0 Å². The fraction of sp³-hybridized carbons (Fsp3) is 0. The van der Waals surface area contributed by atoms with Gasteiger partial charge < -0.3 is 0 Å². The van der Waals surface area contributed by atoms with Gasteiger partial charge in [-0.1, -0.05) is 0 Å². The maximum Gasteiger partial charge on any atom is 0.326 e. The molecule has 0 bridgehead atoms. The smallest absolute Gasteiger partial charge is 0.290 e. The second-order valence-electron chi connectivity index (χ2n) is 2.39. The van der Waals surface area contributed by atoms with Gasteiger partial charge in [0.1, 0.15) is 11.2 Å². The van der Waals surface area contributed by atoms with Crippen LogP contribution in [0.1, 0.15) is 0 Å². The molecule has 0 aliphatic carbocycles. The highest BCUT2D eigenvalue weighted by atomic mass is 32.1. The Morgan fingerprint density at radius 3 is 3.00 bits per heavy atom. The summed E-state index contributed by atoms with van der Waals surface area (Å²) >= 11 is 0.934. The van der Waals surface area contributed by atoms with E-state index in [2.05, 4.69) is 9.97 Å². The van der Waals surface area contributed by atoms with Gasteiger partial charge >= 0.3 is 5.00 Å². The topological polar surface area (TPSA) is 101 Å². The number of rotatable bonds is 2. The lowest BCUT2D eigenvalue weighted by Gasteiger charge is -1.95. The summed E-state index contributed by atoms with van der Waals surface area (Å²) in [4.78, 5) is 18.0. The van der Waals surface area contributed by atoms with Crippen LogP contribution in [0.15, 0.2) is 12.4 Å². The van der Waals surface area contributed by atoms with Gasteiger partial charge in [-0.25, -0.2) is 9.97 Å². The highest BCUT2D eigenvalue weighted by Crippen LogP contribution is 2.32. The van der Waals surface area contributed by atoms with E-state index in [1.807, 2.05) is 5.48 Å². The van der Waals surface area contributed by atoms with E-state index in [1.165, 1.54) is 12.4 Å². The zero-order chi connectivity index (χ0) is 10.1. The summed E-state index contributed by atoms with van der Waals surface area (Å²) < 4.78 is 0. The van der Waals surface area contributed by atoms with Crippen LogP contribution in [0.4, 0.5) is 10.8 Å². The van der Waals surface area contributed by atoms with Crippen LogP contribution in [0.2, 0.25) is 0 Å². The normalized spacial score (nSPS) is 10.4. The first kappa shape index (κ1) is 8.78. The summed E-state index contributed by atoms with van der Waals surface area (Å²) in [5, 5.41) is 19.5. The number of nitro groups is 1. The number of aromatic nitrogens is 2.